The van der Waals surface area contributed by atoms with Crippen molar-refractivity contribution in [3.8, 4) is 0 Å². The molecule has 0 saturated carbocycles. The second kappa shape index (κ2) is 6.11. The van der Waals surface area contributed by atoms with E-state index in [1.165, 1.54) is 12.1 Å². The first kappa shape index (κ1) is 14.6. The third-order valence-electron chi connectivity index (χ3n) is 2.81. The molecule has 0 unspecified atom stereocenters. The van der Waals surface area contributed by atoms with Gasteiger partial charge in [0.05, 0.1) is 16.3 Å². The van der Waals surface area contributed by atoms with Crippen LogP contribution in [0.25, 0.3) is 0 Å². The largest absolute Gasteiger partial charge is 0.478 e. The molecule has 6 heteroatoms. The van der Waals surface area contributed by atoms with Crippen LogP contribution >= 0.6 is 11.3 Å². The van der Waals surface area contributed by atoms with E-state index in [4.69, 9.17) is 5.11 Å². The Morgan fingerprint density at radius 2 is 2.20 bits per heavy atom. The van der Waals surface area contributed by atoms with Gasteiger partial charge in [0.25, 0.3) is 0 Å². The molecule has 0 radical (unpaired) electrons. The van der Waals surface area contributed by atoms with E-state index in [2.05, 4.69) is 4.98 Å². The summed E-state index contributed by atoms with van der Waals surface area (Å²) in [5.41, 5.74) is 1.42. The molecule has 1 N–H and O–H groups in total. The highest BCUT2D eigenvalue weighted by molar-refractivity contribution is 7.09. The number of benzene rings is 1. The Bertz CT molecular complexity index is 627. The fraction of sp³-hybridized carbons (Fsp3) is 0.286. The maximum Gasteiger partial charge on any atom is 0.338 e. The number of carboxylic acids is 1. The van der Waals surface area contributed by atoms with Crippen LogP contribution < -0.4 is 0 Å². The number of hydrogen-bond donors (Lipinski definition) is 1. The molecule has 1 aromatic carbocycles. The van der Waals surface area contributed by atoms with Gasteiger partial charge in [-0.25, -0.2) is 14.2 Å². The van der Waals surface area contributed by atoms with Gasteiger partial charge in [0, 0.05) is 18.5 Å². The quantitative estimate of drug-likeness (QED) is 0.921. The van der Waals surface area contributed by atoms with Gasteiger partial charge in [-0.05, 0) is 31.7 Å². The van der Waals surface area contributed by atoms with Gasteiger partial charge in [-0.15, -0.1) is 11.3 Å². The molecule has 0 aliphatic heterocycles. The number of carboxylic acid groups (broad SMARTS) is 1. The van der Waals surface area contributed by atoms with Crippen LogP contribution in [0, 0.1) is 12.7 Å². The average molecular weight is 294 g/mol. The molecule has 0 aliphatic rings. The number of carbonyl (C=O) groups is 1. The van der Waals surface area contributed by atoms with Crippen LogP contribution in [-0.4, -0.2) is 28.0 Å². The normalized spacial score (nSPS) is 11.0. The van der Waals surface area contributed by atoms with Crippen molar-refractivity contribution >= 4 is 17.3 Å². The third kappa shape index (κ3) is 3.61. The number of nitrogens with zero attached hydrogens (tertiary/aromatic N) is 2. The van der Waals surface area contributed by atoms with E-state index >= 15 is 0 Å². The molecule has 0 atom stereocenters. The summed E-state index contributed by atoms with van der Waals surface area (Å²) < 4.78 is 13.6. The molecule has 1 heterocycles. The van der Waals surface area contributed by atoms with Crippen molar-refractivity contribution in [3.63, 3.8) is 0 Å². The van der Waals surface area contributed by atoms with E-state index < -0.39 is 11.8 Å². The fourth-order valence-electron chi connectivity index (χ4n) is 1.96. The predicted molar refractivity (Wildman–Crippen MR) is 75.4 cm³/mol. The first-order valence-electron chi connectivity index (χ1n) is 6.07. The zero-order chi connectivity index (χ0) is 14.7. The molecule has 0 spiro atoms. The second-order valence-electron chi connectivity index (χ2n) is 4.65. The lowest BCUT2D eigenvalue weighted by Crippen LogP contribution is -2.17. The molecule has 0 aliphatic carbocycles. The van der Waals surface area contributed by atoms with Crippen molar-refractivity contribution in [1.82, 2.24) is 9.88 Å². The van der Waals surface area contributed by atoms with Crippen molar-refractivity contribution in [2.24, 2.45) is 0 Å². The first-order valence-corrected chi connectivity index (χ1v) is 6.95. The Hall–Kier alpha value is -1.79. The minimum atomic E-state index is -1.25. The molecular formula is C14H15FN2O2S. The molecule has 106 valence electrons. The smallest absolute Gasteiger partial charge is 0.338 e. The first-order chi connectivity index (χ1) is 9.45. The van der Waals surface area contributed by atoms with Crippen LogP contribution in [-0.2, 0) is 13.1 Å². The summed E-state index contributed by atoms with van der Waals surface area (Å²) in [7, 11) is 1.91. The fourth-order valence-corrected chi connectivity index (χ4v) is 2.56. The summed E-state index contributed by atoms with van der Waals surface area (Å²) >= 11 is 1.60. The van der Waals surface area contributed by atoms with Crippen molar-refractivity contribution in [1.29, 1.82) is 0 Å². The Kier molecular flexibility index (Phi) is 4.46. The molecular weight excluding hydrogens is 279 g/mol. The van der Waals surface area contributed by atoms with Gasteiger partial charge in [-0.3, -0.25) is 4.90 Å². The van der Waals surface area contributed by atoms with Crippen LogP contribution in [0.3, 0.4) is 0 Å². The molecule has 1 aromatic heterocycles. The predicted octanol–water partition coefficient (Wildman–Crippen LogP) is 2.92. The Balaban J connectivity index is 2.02. The number of thiazole rings is 1. The maximum absolute atomic E-state index is 13.6. The van der Waals surface area contributed by atoms with Crippen molar-refractivity contribution in [2.45, 2.75) is 20.0 Å². The number of aromatic carboxylic acids is 1. The van der Waals surface area contributed by atoms with Gasteiger partial charge in [0.1, 0.15) is 5.82 Å². The lowest BCUT2D eigenvalue weighted by Gasteiger charge is -2.15. The molecule has 0 bridgehead atoms. The Morgan fingerprint density at radius 3 is 2.75 bits per heavy atom. The highest BCUT2D eigenvalue weighted by atomic mass is 32.1. The second-order valence-corrected chi connectivity index (χ2v) is 5.71. The van der Waals surface area contributed by atoms with Crippen molar-refractivity contribution in [2.75, 3.05) is 7.05 Å². The topological polar surface area (TPSA) is 53.4 Å². The zero-order valence-corrected chi connectivity index (χ0v) is 12.1. The minimum absolute atomic E-state index is 0.300. The molecule has 0 fully saturated rings. The van der Waals surface area contributed by atoms with E-state index in [1.54, 1.807) is 17.4 Å². The molecule has 20 heavy (non-hydrogen) atoms. The van der Waals surface area contributed by atoms with Crippen LogP contribution in [0.5, 0.6) is 0 Å². The van der Waals surface area contributed by atoms with Gasteiger partial charge in [-0.2, -0.15) is 0 Å². The number of rotatable bonds is 5. The van der Waals surface area contributed by atoms with E-state index in [0.29, 0.717) is 13.1 Å². The Labute approximate surface area is 120 Å². The standard InChI is InChI=1S/C14H15FN2O2S/c1-9-16-11(8-20-9)7-17(2)6-10-3-4-12(14(18)19)13(15)5-10/h3-5,8H,6-7H2,1-2H3,(H,18,19). The molecule has 4 nitrogen and oxygen atoms in total. The summed E-state index contributed by atoms with van der Waals surface area (Å²) in [5.74, 6) is -1.95. The van der Waals surface area contributed by atoms with Gasteiger partial charge in [0.15, 0.2) is 0 Å². The van der Waals surface area contributed by atoms with Crippen LogP contribution in [0.4, 0.5) is 4.39 Å². The van der Waals surface area contributed by atoms with E-state index in [-0.39, 0.29) is 5.56 Å². The van der Waals surface area contributed by atoms with E-state index in [0.717, 1.165) is 16.3 Å². The lowest BCUT2D eigenvalue weighted by atomic mass is 10.1. The average Bonchev–Trinajstić information content (AvgIpc) is 2.74. The summed E-state index contributed by atoms with van der Waals surface area (Å²) in [6.45, 7) is 3.16. The maximum atomic E-state index is 13.6. The number of halogens is 1. The molecule has 0 amide bonds. The van der Waals surface area contributed by atoms with Crippen molar-refractivity contribution < 1.29 is 14.3 Å². The summed E-state index contributed by atoms with van der Waals surface area (Å²) in [6.07, 6.45) is 0. The van der Waals surface area contributed by atoms with Crippen molar-refractivity contribution in [3.05, 3.63) is 51.2 Å². The number of aryl methyl sites for hydroxylation is 1. The number of hydrogen-bond acceptors (Lipinski definition) is 4. The lowest BCUT2D eigenvalue weighted by molar-refractivity contribution is 0.0692. The highest BCUT2D eigenvalue weighted by Crippen LogP contribution is 2.14. The molecule has 2 rings (SSSR count). The minimum Gasteiger partial charge on any atom is -0.478 e. The molecule has 0 saturated heterocycles. The summed E-state index contributed by atoms with van der Waals surface area (Å²) in [6, 6.07) is 4.20. The van der Waals surface area contributed by atoms with E-state index in [1.807, 2.05) is 24.3 Å². The highest BCUT2D eigenvalue weighted by Gasteiger charge is 2.11. The Morgan fingerprint density at radius 1 is 1.45 bits per heavy atom. The summed E-state index contributed by atoms with van der Waals surface area (Å²) in [5, 5.41) is 11.8. The zero-order valence-electron chi connectivity index (χ0n) is 11.3. The van der Waals surface area contributed by atoms with Crippen LogP contribution in [0.15, 0.2) is 23.6 Å². The van der Waals surface area contributed by atoms with Gasteiger partial charge in [0.2, 0.25) is 0 Å². The van der Waals surface area contributed by atoms with Gasteiger partial charge < -0.3 is 5.11 Å². The SMILES string of the molecule is Cc1nc(CN(C)Cc2ccc(C(=O)O)c(F)c2)cs1. The van der Waals surface area contributed by atoms with Crippen LogP contribution in [0.2, 0.25) is 0 Å². The van der Waals surface area contributed by atoms with E-state index in [9.17, 15) is 9.18 Å². The monoisotopic (exact) mass is 294 g/mol. The third-order valence-corrected chi connectivity index (χ3v) is 3.64. The van der Waals surface area contributed by atoms with Gasteiger partial charge >= 0.3 is 5.97 Å². The van der Waals surface area contributed by atoms with Crippen LogP contribution in [0.1, 0.15) is 26.6 Å². The molecule has 2 aromatic rings. The summed E-state index contributed by atoms with van der Waals surface area (Å²) in [4.78, 5) is 17.1. The van der Waals surface area contributed by atoms with Gasteiger partial charge in [-0.1, -0.05) is 6.07 Å². The number of aromatic nitrogens is 1.